The van der Waals surface area contributed by atoms with Gasteiger partial charge in [-0.2, -0.15) is 0 Å². The zero-order chi connectivity index (χ0) is 19.6. The number of imide groups is 1. The second-order valence-corrected chi connectivity index (χ2v) is 6.79. The highest BCUT2D eigenvalue weighted by atomic mass is 79.9. The van der Waals surface area contributed by atoms with Crippen molar-refractivity contribution in [2.75, 3.05) is 11.9 Å². The Labute approximate surface area is 163 Å². The Morgan fingerprint density at radius 1 is 1.04 bits per heavy atom. The van der Waals surface area contributed by atoms with Crippen LogP contribution < -0.4 is 5.32 Å². The van der Waals surface area contributed by atoms with E-state index in [1.165, 1.54) is 19.1 Å². The van der Waals surface area contributed by atoms with Crippen molar-refractivity contribution in [1.29, 1.82) is 0 Å². The molecule has 0 aromatic heterocycles. The molecule has 138 valence electrons. The molecule has 1 N–H and O–H groups in total. The molecular weight excluding hydrogens is 416 g/mol. The molecule has 2 aromatic carbocycles. The first-order chi connectivity index (χ1) is 12.9. The van der Waals surface area contributed by atoms with Gasteiger partial charge in [0.1, 0.15) is 6.54 Å². The van der Waals surface area contributed by atoms with Gasteiger partial charge in [0.05, 0.1) is 11.1 Å². The van der Waals surface area contributed by atoms with Gasteiger partial charge in [-0.25, -0.2) is 0 Å². The molecule has 1 atom stereocenters. The van der Waals surface area contributed by atoms with Crippen LogP contribution in [0, 0.1) is 0 Å². The Bertz CT molecular complexity index is 891. The molecule has 0 unspecified atom stereocenters. The van der Waals surface area contributed by atoms with Gasteiger partial charge < -0.3 is 10.1 Å². The summed E-state index contributed by atoms with van der Waals surface area (Å²) >= 11 is 3.29. The number of benzene rings is 2. The van der Waals surface area contributed by atoms with Crippen LogP contribution in [0.25, 0.3) is 0 Å². The maximum Gasteiger partial charge on any atom is 0.326 e. The van der Waals surface area contributed by atoms with Crippen molar-refractivity contribution in [1.82, 2.24) is 4.90 Å². The van der Waals surface area contributed by atoms with Crippen LogP contribution in [0.4, 0.5) is 5.69 Å². The summed E-state index contributed by atoms with van der Waals surface area (Å²) < 4.78 is 5.92. The summed E-state index contributed by atoms with van der Waals surface area (Å²) in [5.74, 6) is -2.48. The summed E-state index contributed by atoms with van der Waals surface area (Å²) in [7, 11) is 0. The molecule has 1 aliphatic heterocycles. The van der Waals surface area contributed by atoms with E-state index in [-0.39, 0.29) is 11.1 Å². The monoisotopic (exact) mass is 430 g/mol. The molecule has 0 fully saturated rings. The molecule has 0 saturated carbocycles. The quantitative estimate of drug-likeness (QED) is 0.581. The number of rotatable bonds is 5. The van der Waals surface area contributed by atoms with Crippen molar-refractivity contribution >= 4 is 45.3 Å². The van der Waals surface area contributed by atoms with E-state index >= 15 is 0 Å². The summed E-state index contributed by atoms with van der Waals surface area (Å²) in [4.78, 5) is 49.5. The number of halogens is 1. The number of carbonyl (C=O) groups is 4. The van der Waals surface area contributed by atoms with E-state index < -0.39 is 36.3 Å². The van der Waals surface area contributed by atoms with Gasteiger partial charge in [-0.15, -0.1) is 0 Å². The standard InChI is InChI=1S/C19H15BrN2O5/c1-11(17(24)21-13-8-6-12(20)7-9-13)27-16(23)10-22-18(25)14-4-2-3-5-15(14)19(22)26/h2-9,11H,10H2,1H3,(H,21,24)/t11-/m1/s1. The number of ether oxygens (including phenoxy) is 1. The number of carbonyl (C=O) groups excluding carboxylic acids is 4. The zero-order valence-corrected chi connectivity index (χ0v) is 15.9. The van der Waals surface area contributed by atoms with E-state index in [1.807, 2.05) is 0 Å². The van der Waals surface area contributed by atoms with Crippen LogP contribution in [0.2, 0.25) is 0 Å². The highest BCUT2D eigenvalue weighted by Crippen LogP contribution is 2.22. The minimum absolute atomic E-state index is 0.247. The van der Waals surface area contributed by atoms with Crippen LogP contribution in [0.3, 0.4) is 0 Å². The van der Waals surface area contributed by atoms with Crippen molar-refractivity contribution < 1.29 is 23.9 Å². The topological polar surface area (TPSA) is 92.8 Å². The normalized spacial score (nSPS) is 13.9. The van der Waals surface area contributed by atoms with Crippen LogP contribution >= 0.6 is 15.9 Å². The Hall–Kier alpha value is -3.00. The molecule has 0 radical (unpaired) electrons. The first kappa shape index (κ1) is 18.8. The number of nitrogens with one attached hydrogen (secondary N) is 1. The molecule has 0 aliphatic carbocycles. The van der Waals surface area contributed by atoms with E-state index in [2.05, 4.69) is 21.2 Å². The minimum atomic E-state index is -1.09. The Morgan fingerprint density at radius 2 is 1.59 bits per heavy atom. The second kappa shape index (κ2) is 7.71. The first-order valence-corrected chi connectivity index (χ1v) is 8.87. The molecule has 1 aliphatic rings. The van der Waals surface area contributed by atoms with Gasteiger partial charge in [-0.05, 0) is 43.3 Å². The molecule has 3 rings (SSSR count). The molecule has 0 saturated heterocycles. The van der Waals surface area contributed by atoms with E-state index in [4.69, 9.17) is 4.74 Å². The fourth-order valence-electron chi connectivity index (χ4n) is 2.58. The van der Waals surface area contributed by atoms with Gasteiger partial charge in [0.15, 0.2) is 6.10 Å². The Kier molecular flexibility index (Phi) is 5.36. The maximum atomic E-state index is 12.2. The fraction of sp³-hybridized carbons (Fsp3) is 0.158. The highest BCUT2D eigenvalue weighted by Gasteiger charge is 2.37. The summed E-state index contributed by atoms with van der Waals surface area (Å²) in [5, 5.41) is 2.62. The predicted molar refractivity (Wildman–Crippen MR) is 100 cm³/mol. The first-order valence-electron chi connectivity index (χ1n) is 8.08. The van der Waals surface area contributed by atoms with Crippen LogP contribution in [-0.4, -0.2) is 41.2 Å². The number of hydrogen-bond donors (Lipinski definition) is 1. The number of fused-ring (bicyclic) bond motifs is 1. The van der Waals surface area contributed by atoms with Gasteiger partial charge >= 0.3 is 5.97 Å². The van der Waals surface area contributed by atoms with Gasteiger partial charge in [0.2, 0.25) is 0 Å². The number of nitrogens with zero attached hydrogens (tertiary/aromatic N) is 1. The number of hydrogen-bond acceptors (Lipinski definition) is 5. The van der Waals surface area contributed by atoms with Gasteiger partial charge in [-0.1, -0.05) is 28.1 Å². The number of amides is 3. The molecular formula is C19H15BrN2O5. The zero-order valence-electron chi connectivity index (χ0n) is 14.3. The smallest absolute Gasteiger partial charge is 0.326 e. The molecule has 2 aromatic rings. The van der Waals surface area contributed by atoms with Crippen LogP contribution in [0.15, 0.2) is 53.0 Å². The third-order valence-electron chi connectivity index (χ3n) is 3.95. The van der Waals surface area contributed by atoms with E-state index in [9.17, 15) is 19.2 Å². The van der Waals surface area contributed by atoms with Crippen LogP contribution in [-0.2, 0) is 14.3 Å². The van der Waals surface area contributed by atoms with Gasteiger partial charge in [-0.3, -0.25) is 24.1 Å². The van der Waals surface area contributed by atoms with Crippen molar-refractivity contribution in [3.8, 4) is 0 Å². The van der Waals surface area contributed by atoms with E-state index in [0.717, 1.165) is 9.37 Å². The largest absolute Gasteiger partial charge is 0.451 e. The maximum absolute atomic E-state index is 12.2. The molecule has 3 amide bonds. The lowest BCUT2D eigenvalue weighted by molar-refractivity contribution is -0.153. The fourth-order valence-corrected chi connectivity index (χ4v) is 2.84. The second-order valence-electron chi connectivity index (χ2n) is 5.87. The average molecular weight is 431 g/mol. The summed E-state index contributed by atoms with van der Waals surface area (Å²) in [5.41, 5.74) is 1.04. The van der Waals surface area contributed by atoms with E-state index in [0.29, 0.717) is 5.69 Å². The predicted octanol–water partition coefficient (Wildman–Crippen LogP) is 2.62. The number of esters is 1. The lowest BCUT2D eigenvalue weighted by Crippen LogP contribution is -2.38. The molecule has 7 nitrogen and oxygen atoms in total. The van der Waals surface area contributed by atoms with Gasteiger partial charge in [0, 0.05) is 10.2 Å². The van der Waals surface area contributed by atoms with E-state index in [1.54, 1.807) is 36.4 Å². The lowest BCUT2D eigenvalue weighted by atomic mass is 10.1. The Balaban J connectivity index is 1.57. The summed E-state index contributed by atoms with van der Waals surface area (Å²) in [6.45, 7) is 0.858. The number of anilines is 1. The van der Waals surface area contributed by atoms with Gasteiger partial charge in [0.25, 0.3) is 17.7 Å². The van der Waals surface area contributed by atoms with Crippen LogP contribution in [0.5, 0.6) is 0 Å². The minimum Gasteiger partial charge on any atom is -0.451 e. The summed E-state index contributed by atoms with van der Waals surface area (Å²) in [6, 6.07) is 13.2. The molecule has 27 heavy (non-hydrogen) atoms. The van der Waals surface area contributed by atoms with Crippen LogP contribution in [0.1, 0.15) is 27.6 Å². The van der Waals surface area contributed by atoms with Crippen molar-refractivity contribution in [2.24, 2.45) is 0 Å². The lowest BCUT2D eigenvalue weighted by Gasteiger charge is -2.16. The van der Waals surface area contributed by atoms with Crippen molar-refractivity contribution in [3.63, 3.8) is 0 Å². The summed E-state index contributed by atoms with van der Waals surface area (Å²) in [6.07, 6.45) is -1.09. The molecule has 0 spiro atoms. The molecule has 0 bridgehead atoms. The third-order valence-corrected chi connectivity index (χ3v) is 4.48. The van der Waals surface area contributed by atoms with Crippen molar-refractivity contribution in [3.05, 3.63) is 64.1 Å². The average Bonchev–Trinajstić information content (AvgIpc) is 2.89. The SMILES string of the molecule is C[C@@H](OC(=O)CN1C(=O)c2ccccc2C1=O)C(=O)Nc1ccc(Br)cc1. The Morgan fingerprint density at radius 3 is 2.15 bits per heavy atom. The highest BCUT2D eigenvalue weighted by molar-refractivity contribution is 9.10. The van der Waals surface area contributed by atoms with Crippen molar-refractivity contribution in [2.45, 2.75) is 13.0 Å². The third kappa shape index (κ3) is 4.06. The molecule has 8 heteroatoms. The molecule has 1 heterocycles.